The van der Waals surface area contributed by atoms with Crippen molar-refractivity contribution < 1.29 is 17.6 Å². The molecule has 0 radical (unpaired) electrons. The van der Waals surface area contributed by atoms with E-state index in [4.69, 9.17) is 11.6 Å². The number of nitrogens with zero attached hydrogens (tertiary/aromatic N) is 2. The fourth-order valence-electron chi connectivity index (χ4n) is 1.66. The van der Waals surface area contributed by atoms with Gasteiger partial charge in [0.05, 0.1) is 5.56 Å². The van der Waals surface area contributed by atoms with Crippen LogP contribution in [0.25, 0.3) is 11.4 Å². The highest BCUT2D eigenvalue weighted by Gasteiger charge is 2.35. The summed E-state index contributed by atoms with van der Waals surface area (Å²) in [5.74, 6) is -1.15. The van der Waals surface area contributed by atoms with Crippen LogP contribution in [0.4, 0.5) is 17.6 Å². The second-order valence-corrected chi connectivity index (χ2v) is 4.59. The van der Waals surface area contributed by atoms with Gasteiger partial charge in [-0.25, -0.2) is 14.4 Å². The van der Waals surface area contributed by atoms with Crippen molar-refractivity contribution in [3.8, 4) is 11.4 Å². The van der Waals surface area contributed by atoms with Crippen LogP contribution < -0.4 is 0 Å². The highest BCUT2D eigenvalue weighted by Crippen LogP contribution is 2.37. The Morgan fingerprint density at radius 2 is 1.75 bits per heavy atom. The summed E-state index contributed by atoms with van der Waals surface area (Å²) < 4.78 is 51.9. The van der Waals surface area contributed by atoms with Gasteiger partial charge in [-0.3, -0.25) is 0 Å². The molecule has 0 saturated heterocycles. The van der Waals surface area contributed by atoms with Gasteiger partial charge in [0.1, 0.15) is 11.0 Å². The lowest BCUT2D eigenvalue weighted by molar-refractivity contribution is -0.137. The molecule has 1 aromatic carbocycles. The van der Waals surface area contributed by atoms with Crippen LogP contribution in [0.3, 0.4) is 0 Å². The summed E-state index contributed by atoms with van der Waals surface area (Å²) in [6, 6.07) is 2.34. The molecule has 0 unspecified atom stereocenters. The van der Waals surface area contributed by atoms with E-state index in [0.29, 0.717) is 17.3 Å². The van der Waals surface area contributed by atoms with Gasteiger partial charge in [-0.05, 0) is 32.0 Å². The zero-order chi connectivity index (χ0) is 15.1. The Morgan fingerprint density at radius 1 is 1.10 bits per heavy atom. The Kier molecular flexibility index (Phi) is 3.69. The number of rotatable bonds is 1. The van der Waals surface area contributed by atoms with E-state index in [1.54, 1.807) is 13.8 Å². The number of aromatic nitrogens is 2. The van der Waals surface area contributed by atoms with Crippen molar-refractivity contribution in [3.05, 3.63) is 46.0 Å². The third kappa shape index (κ3) is 2.75. The first kappa shape index (κ1) is 14.7. The van der Waals surface area contributed by atoms with Gasteiger partial charge >= 0.3 is 6.18 Å². The van der Waals surface area contributed by atoms with E-state index in [-0.39, 0.29) is 16.5 Å². The molecule has 1 heterocycles. The maximum atomic E-state index is 13.0. The second-order valence-electron chi connectivity index (χ2n) is 4.24. The van der Waals surface area contributed by atoms with Gasteiger partial charge in [0.25, 0.3) is 0 Å². The Hall–Kier alpha value is -1.69. The van der Waals surface area contributed by atoms with Crippen LogP contribution in [-0.2, 0) is 6.18 Å². The van der Waals surface area contributed by atoms with Gasteiger partial charge in [-0.2, -0.15) is 13.2 Å². The van der Waals surface area contributed by atoms with Gasteiger partial charge in [0, 0.05) is 16.8 Å². The summed E-state index contributed by atoms with van der Waals surface area (Å²) in [6.45, 7) is 3.28. The van der Waals surface area contributed by atoms with Crippen LogP contribution in [-0.4, -0.2) is 9.97 Å². The minimum absolute atomic E-state index is 0.0740. The zero-order valence-electron chi connectivity index (χ0n) is 10.5. The van der Waals surface area contributed by atoms with Crippen molar-refractivity contribution in [1.29, 1.82) is 0 Å². The lowest BCUT2D eigenvalue weighted by atomic mass is 10.1. The molecule has 20 heavy (non-hydrogen) atoms. The molecule has 1 aromatic heterocycles. The van der Waals surface area contributed by atoms with Gasteiger partial charge in [0.15, 0.2) is 5.82 Å². The molecule has 2 rings (SSSR count). The minimum atomic E-state index is -4.70. The summed E-state index contributed by atoms with van der Waals surface area (Å²) in [7, 11) is 0. The van der Waals surface area contributed by atoms with E-state index in [0.717, 1.165) is 12.1 Å². The van der Waals surface area contributed by atoms with E-state index >= 15 is 0 Å². The lowest BCUT2D eigenvalue weighted by Gasteiger charge is -2.13. The van der Waals surface area contributed by atoms with Crippen LogP contribution in [0.5, 0.6) is 0 Å². The molecular weight excluding hydrogens is 296 g/mol. The summed E-state index contributed by atoms with van der Waals surface area (Å²) in [6.07, 6.45) is -4.70. The Morgan fingerprint density at radius 3 is 2.30 bits per heavy atom. The number of aryl methyl sites for hydroxylation is 1. The Bertz CT molecular complexity index is 645. The van der Waals surface area contributed by atoms with Crippen molar-refractivity contribution in [3.63, 3.8) is 0 Å². The normalized spacial score (nSPS) is 11.8. The van der Waals surface area contributed by atoms with Gasteiger partial charge in [-0.15, -0.1) is 0 Å². The van der Waals surface area contributed by atoms with E-state index < -0.39 is 17.6 Å². The Balaban J connectivity index is 2.70. The topological polar surface area (TPSA) is 25.8 Å². The number of benzene rings is 1. The van der Waals surface area contributed by atoms with E-state index in [2.05, 4.69) is 9.97 Å². The maximum Gasteiger partial charge on any atom is 0.417 e. The fourth-order valence-corrected chi connectivity index (χ4v) is 1.88. The molecule has 0 aliphatic rings. The first-order valence-corrected chi connectivity index (χ1v) is 5.96. The van der Waals surface area contributed by atoms with Gasteiger partial charge in [0.2, 0.25) is 0 Å². The standard InChI is InChI=1S/C13H9ClF4N2/c1-6-7(2)19-12(20-11(6)14)9-4-3-8(15)5-10(9)13(16,17)18/h3-5H,1-2H3. The third-order valence-electron chi connectivity index (χ3n) is 2.86. The second kappa shape index (κ2) is 5.01. The molecule has 0 saturated carbocycles. The summed E-state index contributed by atoms with van der Waals surface area (Å²) in [5.41, 5.74) is -0.371. The molecule has 0 atom stereocenters. The highest BCUT2D eigenvalue weighted by molar-refractivity contribution is 6.30. The Labute approximate surface area is 117 Å². The van der Waals surface area contributed by atoms with Crippen molar-refractivity contribution in [2.24, 2.45) is 0 Å². The molecule has 0 aliphatic heterocycles. The smallest absolute Gasteiger partial charge is 0.233 e. The predicted octanol–water partition coefficient (Wildman–Crippen LogP) is 4.57. The third-order valence-corrected chi connectivity index (χ3v) is 3.23. The van der Waals surface area contributed by atoms with Crippen LogP contribution >= 0.6 is 11.6 Å². The minimum Gasteiger partial charge on any atom is -0.233 e. The fraction of sp³-hybridized carbons (Fsp3) is 0.231. The monoisotopic (exact) mass is 304 g/mol. The van der Waals surface area contributed by atoms with Crippen LogP contribution in [0.1, 0.15) is 16.8 Å². The SMILES string of the molecule is Cc1nc(-c2ccc(F)cc2C(F)(F)F)nc(Cl)c1C. The summed E-state index contributed by atoms with van der Waals surface area (Å²) in [5, 5.41) is 0.0740. The molecule has 0 aliphatic carbocycles. The van der Waals surface area contributed by atoms with Crippen LogP contribution in [0.2, 0.25) is 5.15 Å². The molecule has 0 spiro atoms. The quantitative estimate of drug-likeness (QED) is 0.569. The highest BCUT2D eigenvalue weighted by atomic mass is 35.5. The first-order chi connectivity index (χ1) is 9.20. The maximum absolute atomic E-state index is 13.0. The first-order valence-electron chi connectivity index (χ1n) is 5.58. The van der Waals surface area contributed by atoms with Crippen molar-refractivity contribution in [1.82, 2.24) is 9.97 Å². The number of hydrogen-bond donors (Lipinski definition) is 0. The van der Waals surface area contributed by atoms with E-state index in [1.807, 2.05) is 0 Å². The summed E-state index contributed by atoms with van der Waals surface area (Å²) in [4.78, 5) is 7.83. The average molecular weight is 305 g/mol. The molecular formula is C13H9ClF4N2. The molecule has 106 valence electrons. The van der Waals surface area contributed by atoms with E-state index in [9.17, 15) is 17.6 Å². The van der Waals surface area contributed by atoms with Crippen LogP contribution in [0.15, 0.2) is 18.2 Å². The average Bonchev–Trinajstić information content (AvgIpc) is 2.34. The molecule has 2 aromatic rings. The molecule has 0 fully saturated rings. The van der Waals surface area contributed by atoms with Gasteiger partial charge < -0.3 is 0 Å². The van der Waals surface area contributed by atoms with Crippen molar-refractivity contribution in [2.45, 2.75) is 20.0 Å². The largest absolute Gasteiger partial charge is 0.417 e. The van der Waals surface area contributed by atoms with Crippen molar-refractivity contribution >= 4 is 11.6 Å². The molecule has 0 bridgehead atoms. The molecule has 0 amide bonds. The number of alkyl halides is 3. The molecule has 0 N–H and O–H groups in total. The summed E-state index contributed by atoms with van der Waals surface area (Å²) >= 11 is 5.86. The van der Waals surface area contributed by atoms with Gasteiger partial charge in [-0.1, -0.05) is 11.6 Å². The number of halogens is 5. The predicted molar refractivity (Wildman–Crippen MR) is 66.9 cm³/mol. The number of hydrogen-bond acceptors (Lipinski definition) is 2. The zero-order valence-corrected chi connectivity index (χ0v) is 11.3. The molecule has 7 heteroatoms. The van der Waals surface area contributed by atoms with E-state index in [1.165, 1.54) is 0 Å². The lowest BCUT2D eigenvalue weighted by Crippen LogP contribution is -2.09. The van der Waals surface area contributed by atoms with Crippen molar-refractivity contribution in [2.75, 3.05) is 0 Å². The van der Waals surface area contributed by atoms with Crippen LogP contribution in [0, 0.1) is 19.7 Å². The molecule has 2 nitrogen and oxygen atoms in total.